The lowest BCUT2D eigenvalue weighted by atomic mass is 9.80. The number of fused-ring (bicyclic) bond motifs is 1. The third kappa shape index (κ3) is 1.37. The topological polar surface area (TPSA) is 86.5 Å². The Hall–Kier alpha value is -1.53. The molecule has 0 aliphatic heterocycles. The zero-order valence-corrected chi connectivity index (χ0v) is 6.52. The first-order valence-electron chi connectivity index (χ1n) is 3.66. The molecule has 6 heteroatoms. The van der Waals surface area contributed by atoms with E-state index in [2.05, 4.69) is 4.98 Å². The van der Waals surface area contributed by atoms with Crippen molar-refractivity contribution in [2.75, 3.05) is 0 Å². The average Bonchev–Trinajstić information content (AvgIpc) is 2.42. The first-order valence-corrected chi connectivity index (χ1v) is 3.66. The van der Waals surface area contributed by atoms with E-state index in [1.807, 2.05) is 0 Å². The average molecular weight is 179 g/mol. The molecule has 1 aromatic heterocycles. The van der Waals surface area contributed by atoms with Gasteiger partial charge in [0.1, 0.15) is 0 Å². The number of nitrogens with one attached hydrogen (secondary N) is 1. The molecule has 0 fully saturated rings. The summed E-state index contributed by atoms with van der Waals surface area (Å²) in [5.74, 6) is -0.556. The minimum Gasteiger partial charge on any atom is -0.423 e. The number of benzene rings is 1. The fraction of sp³-hybridized carbons (Fsp3) is 0. The normalized spacial score (nSPS) is 10.6. The summed E-state index contributed by atoms with van der Waals surface area (Å²) in [6.07, 6.45) is 0. The summed E-state index contributed by atoms with van der Waals surface area (Å²) in [6.45, 7) is 0. The fourth-order valence-corrected chi connectivity index (χ4v) is 1.13. The highest BCUT2D eigenvalue weighted by Gasteiger charge is 2.12. The van der Waals surface area contributed by atoms with E-state index in [1.54, 1.807) is 0 Å². The lowest BCUT2D eigenvalue weighted by Gasteiger charge is -1.96. The molecule has 2 aromatic rings. The number of aromatic amines is 1. The number of H-pyrrole nitrogens is 1. The second kappa shape index (κ2) is 2.76. The van der Waals surface area contributed by atoms with Crippen LogP contribution in [0, 0.1) is 0 Å². The predicted molar refractivity (Wildman–Crippen MR) is 46.7 cm³/mol. The van der Waals surface area contributed by atoms with Gasteiger partial charge in [-0.25, -0.2) is 4.79 Å². The van der Waals surface area contributed by atoms with Crippen molar-refractivity contribution in [2.24, 2.45) is 0 Å². The van der Waals surface area contributed by atoms with Gasteiger partial charge in [0.05, 0.1) is 5.52 Å². The second-order valence-electron chi connectivity index (χ2n) is 2.64. The van der Waals surface area contributed by atoms with Crippen molar-refractivity contribution in [3.63, 3.8) is 0 Å². The molecule has 0 aliphatic carbocycles. The molecule has 1 aromatic carbocycles. The van der Waals surface area contributed by atoms with Gasteiger partial charge in [-0.2, -0.15) is 0 Å². The van der Waals surface area contributed by atoms with E-state index in [9.17, 15) is 4.79 Å². The Bertz CT molecular complexity index is 486. The van der Waals surface area contributed by atoms with E-state index in [0.29, 0.717) is 16.6 Å². The van der Waals surface area contributed by atoms with Gasteiger partial charge in [0.25, 0.3) is 0 Å². The molecule has 2 rings (SSSR count). The fourth-order valence-electron chi connectivity index (χ4n) is 1.13. The van der Waals surface area contributed by atoms with Gasteiger partial charge < -0.3 is 14.5 Å². The predicted octanol–water partition coefficient (Wildman–Crippen LogP) is -1.20. The van der Waals surface area contributed by atoms with E-state index < -0.39 is 12.9 Å². The SMILES string of the molecule is O=c1[nH]c2cc(B(O)O)ccc2o1. The van der Waals surface area contributed by atoms with Crippen LogP contribution in [0.5, 0.6) is 0 Å². The molecule has 3 N–H and O–H groups in total. The first-order chi connectivity index (χ1) is 6.16. The molecule has 0 aliphatic rings. The Morgan fingerprint density at radius 3 is 2.85 bits per heavy atom. The molecule has 5 nitrogen and oxygen atoms in total. The van der Waals surface area contributed by atoms with Gasteiger partial charge in [-0.05, 0) is 17.6 Å². The molecule has 0 amide bonds. The van der Waals surface area contributed by atoms with Crippen molar-refractivity contribution < 1.29 is 14.5 Å². The van der Waals surface area contributed by atoms with E-state index in [0.717, 1.165) is 0 Å². The van der Waals surface area contributed by atoms with Crippen LogP contribution in [0.2, 0.25) is 0 Å². The van der Waals surface area contributed by atoms with Gasteiger partial charge in [-0.15, -0.1) is 0 Å². The monoisotopic (exact) mass is 179 g/mol. The van der Waals surface area contributed by atoms with E-state index in [-0.39, 0.29) is 0 Å². The van der Waals surface area contributed by atoms with Crippen LogP contribution in [0.1, 0.15) is 0 Å². The highest BCUT2D eigenvalue weighted by atomic mass is 16.4. The van der Waals surface area contributed by atoms with Gasteiger partial charge >= 0.3 is 12.9 Å². The minimum atomic E-state index is -1.54. The van der Waals surface area contributed by atoms with Crippen LogP contribution in [0.15, 0.2) is 27.4 Å². The van der Waals surface area contributed by atoms with Crippen LogP contribution in [0.4, 0.5) is 0 Å². The Labute approximate surface area is 72.8 Å². The zero-order chi connectivity index (χ0) is 9.42. The van der Waals surface area contributed by atoms with Gasteiger partial charge in [-0.1, -0.05) is 6.07 Å². The number of aromatic nitrogens is 1. The van der Waals surface area contributed by atoms with Gasteiger partial charge in [0.2, 0.25) is 0 Å². The van der Waals surface area contributed by atoms with Crippen molar-refractivity contribution in [2.45, 2.75) is 0 Å². The summed E-state index contributed by atoms with van der Waals surface area (Å²) in [5.41, 5.74) is 1.16. The van der Waals surface area contributed by atoms with Crippen molar-refractivity contribution in [1.82, 2.24) is 4.98 Å². The molecule has 0 radical (unpaired) electrons. The van der Waals surface area contributed by atoms with Crippen LogP contribution < -0.4 is 11.2 Å². The lowest BCUT2D eigenvalue weighted by molar-refractivity contribution is 0.426. The second-order valence-corrected chi connectivity index (χ2v) is 2.64. The molecule has 0 atom stereocenters. The maximum Gasteiger partial charge on any atom is 0.488 e. The molecule has 0 saturated heterocycles. The van der Waals surface area contributed by atoms with Gasteiger partial charge in [0.15, 0.2) is 5.58 Å². The summed E-state index contributed by atoms with van der Waals surface area (Å²) < 4.78 is 4.73. The Morgan fingerprint density at radius 2 is 2.15 bits per heavy atom. The van der Waals surface area contributed by atoms with Gasteiger partial charge in [0, 0.05) is 0 Å². The molecule has 1 heterocycles. The van der Waals surface area contributed by atoms with Crippen LogP contribution in [0.3, 0.4) is 0 Å². The van der Waals surface area contributed by atoms with Gasteiger partial charge in [-0.3, -0.25) is 4.98 Å². The Balaban J connectivity index is 2.68. The Kier molecular flexibility index (Phi) is 1.71. The standard InChI is InChI=1S/C7H6BNO4/c10-7-9-5-3-4(8(11)12)1-2-6(5)13-7/h1-3,11-12H,(H,9,10). The van der Waals surface area contributed by atoms with Crippen molar-refractivity contribution in [1.29, 1.82) is 0 Å². The number of rotatable bonds is 1. The van der Waals surface area contributed by atoms with Crippen LogP contribution in [-0.2, 0) is 0 Å². The third-order valence-electron chi connectivity index (χ3n) is 1.74. The number of hydrogen-bond acceptors (Lipinski definition) is 4. The first kappa shape index (κ1) is 8.09. The Morgan fingerprint density at radius 1 is 1.38 bits per heavy atom. The summed E-state index contributed by atoms with van der Waals surface area (Å²) in [5, 5.41) is 17.6. The molecule has 66 valence electrons. The molecule has 0 spiro atoms. The van der Waals surface area contributed by atoms with Crippen molar-refractivity contribution >= 4 is 23.7 Å². The summed E-state index contributed by atoms with van der Waals surface area (Å²) >= 11 is 0. The largest absolute Gasteiger partial charge is 0.488 e. The van der Waals surface area contributed by atoms with Crippen LogP contribution in [-0.4, -0.2) is 22.2 Å². The van der Waals surface area contributed by atoms with Crippen LogP contribution in [0.25, 0.3) is 11.1 Å². The van der Waals surface area contributed by atoms with Crippen LogP contribution >= 0.6 is 0 Å². The lowest BCUT2D eigenvalue weighted by Crippen LogP contribution is -2.29. The molecule has 0 saturated carbocycles. The van der Waals surface area contributed by atoms with E-state index in [4.69, 9.17) is 14.5 Å². The maximum absolute atomic E-state index is 10.7. The highest BCUT2D eigenvalue weighted by molar-refractivity contribution is 6.58. The highest BCUT2D eigenvalue weighted by Crippen LogP contribution is 2.06. The molecule has 13 heavy (non-hydrogen) atoms. The molecule has 0 bridgehead atoms. The van der Waals surface area contributed by atoms with Crippen molar-refractivity contribution in [3.05, 3.63) is 28.7 Å². The maximum atomic E-state index is 10.7. The third-order valence-corrected chi connectivity index (χ3v) is 1.74. The van der Waals surface area contributed by atoms with E-state index >= 15 is 0 Å². The summed E-state index contributed by atoms with van der Waals surface area (Å²) in [6, 6.07) is 4.43. The number of hydrogen-bond donors (Lipinski definition) is 3. The van der Waals surface area contributed by atoms with E-state index in [1.165, 1.54) is 18.2 Å². The summed E-state index contributed by atoms with van der Waals surface area (Å²) in [4.78, 5) is 13.1. The zero-order valence-electron chi connectivity index (χ0n) is 6.52. The molecular formula is C7H6BNO4. The van der Waals surface area contributed by atoms with Crippen molar-refractivity contribution in [3.8, 4) is 0 Å². The molecular weight excluding hydrogens is 173 g/mol. The quantitative estimate of drug-likeness (QED) is 0.480. The molecule has 0 unspecified atom stereocenters. The number of oxazole rings is 1. The smallest absolute Gasteiger partial charge is 0.423 e. The minimum absolute atomic E-state index is 0.310. The summed E-state index contributed by atoms with van der Waals surface area (Å²) in [7, 11) is -1.54.